The predicted molar refractivity (Wildman–Crippen MR) is 64.7 cm³/mol. The molecule has 1 atom stereocenters. The number of alkyl halides is 3. The van der Waals surface area contributed by atoms with Crippen LogP contribution in [0, 0.1) is 0 Å². The van der Waals surface area contributed by atoms with Gasteiger partial charge >= 0.3 is 6.18 Å². The molecular formula is C13H14F3N3. The van der Waals surface area contributed by atoms with Gasteiger partial charge in [-0.3, -0.25) is 9.67 Å². The molecule has 6 heteroatoms. The van der Waals surface area contributed by atoms with Crippen LogP contribution < -0.4 is 0 Å². The first-order valence-electron chi connectivity index (χ1n) is 6.00. The van der Waals surface area contributed by atoms with Crippen molar-refractivity contribution >= 4 is 0 Å². The van der Waals surface area contributed by atoms with Crippen molar-refractivity contribution in [2.45, 2.75) is 32.0 Å². The zero-order valence-corrected chi connectivity index (χ0v) is 10.4. The quantitative estimate of drug-likeness (QED) is 0.851. The van der Waals surface area contributed by atoms with Gasteiger partial charge in [-0.2, -0.15) is 18.3 Å². The van der Waals surface area contributed by atoms with Gasteiger partial charge in [0.15, 0.2) is 0 Å². The fourth-order valence-corrected chi connectivity index (χ4v) is 2.01. The average Bonchev–Trinajstić information content (AvgIpc) is 2.77. The first kappa shape index (κ1) is 13.6. The number of nitrogens with zero attached hydrogens (tertiary/aromatic N) is 3. The average molecular weight is 269 g/mol. The van der Waals surface area contributed by atoms with Gasteiger partial charge < -0.3 is 0 Å². The van der Waals surface area contributed by atoms with Crippen molar-refractivity contribution in [1.29, 1.82) is 0 Å². The molecule has 0 aliphatic carbocycles. The van der Waals surface area contributed by atoms with E-state index in [2.05, 4.69) is 10.1 Å². The second-order valence-electron chi connectivity index (χ2n) is 4.28. The Morgan fingerprint density at radius 2 is 1.89 bits per heavy atom. The standard InChI is InChI=1S/C13H14F3N3/c1-2-12(10-3-6-17-7-4-10)19-8-5-11(18-19)9-13(14,15)16/h3-8,12H,2,9H2,1H3. The molecule has 0 N–H and O–H groups in total. The summed E-state index contributed by atoms with van der Waals surface area (Å²) in [6.45, 7) is 1.97. The Morgan fingerprint density at radius 1 is 1.21 bits per heavy atom. The largest absolute Gasteiger partial charge is 0.394 e. The van der Waals surface area contributed by atoms with E-state index in [4.69, 9.17) is 0 Å². The Labute approximate surface area is 109 Å². The molecule has 2 aromatic heterocycles. The smallest absolute Gasteiger partial charge is 0.265 e. The van der Waals surface area contributed by atoms with Gasteiger partial charge in [-0.15, -0.1) is 0 Å². The third-order valence-electron chi connectivity index (χ3n) is 2.84. The summed E-state index contributed by atoms with van der Waals surface area (Å²) in [5.74, 6) is 0. The number of hydrogen-bond donors (Lipinski definition) is 0. The van der Waals surface area contributed by atoms with E-state index < -0.39 is 12.6 Å². The van der Waals surface area contributed by atoms with Gasteiger partial charge in [0.05, 0.1) is 18.2 Å². The molecule has 0 radical (unpaired) electrons. The predicted octanol–water partition coefficient (Wildman–Crippen LogP) is 3.38. The van der Waals surface area contributed by atoms with Crippen LogP contribution in [0.4, 0.5) is 13.2 Å². The van der Waals surface area contributed by atoms with E-state index in [1.54, 1.807) is 23.3 Å². The molecule has 19 heavy (non-hydrogen) atoms. The summed E-state index contributed by atoms with van der Waals surface area (Å²) in [4.78, 5) is 3.93. The van der Waals surface area contributed by atoms with Crippen LogP contribution in [-0.2, 0) is 6.42 Å². The van der Waals surface area contributed by atoms with Crippen molar-refractivity contribution < 1.29 is 13.2 Å². The van der Waals surface area contributed by atoms with Crippen LogP contribution >= 0.6 is 0 Å². The summed E-state index contributed by atoms with van der Waals surface area (Å²) in [5.41, 5.74) is 1.03. The van der Waals surface area contributed by atoms with Crippen LogP contribution in [0.2, 0.25) is 0 Å². The van der Waals surface area contributed by atoms with Gasteiger partial charge in [0.1, 0.15) is 0 Å². The van der Waals surface area contributed by atoms with E-state index in [0.29, 0.717) is 0 Å². The highest BCUT2D eigenvalue weighted by Gasteiger charge is 2.29. The molecule has 0 aliphatic rings. The van der Waals surface area contributed by atoms with Crippen LogP contribution in [0.3, 0.4) is 0 Å². The maximum atomic E-state index is 12.3. The number of halogens is 3. The zero-order valence-electron chi connectivity index (χ0n) is 10.4. The van der Waals surface area contributed by atoms with E-state index in [1.807, 2.05) is 19.1 Å². The molecule has 0 saturated carbocycles. The highest BCUT2D eigenvalue weighted by atomic mass is 19.4. The summed E-state index contributed by atoms with van der Waals surface area (Å²) in [6.07, 6.45) is 0.452. The second-order valence-corrected chi connectivity index (χ2v) is 4.28. The van der Waals surface area contributed by atoms with Crippen LogP contribution in [0.25, 0.3) is 0 Å². The third-order valence-corrected chi connectivity index (χ3v) is 2.84. The minimum atomic E-state index is -4.22. The molecular weight excluding hydrogens is 255 g/mol. The van der Waals surface area contributed by atoms with E-state index in [0.717, 1.165) is 12.0 Å². The van der Waals surface area contributed by atoms with Crippen molar-refractivity contribution in [1.82, 2.24) is 14.8 Å². The summed E-state index contributed by atoms with van der Waals surface area (Å²) < 4.78 is 38.5. The lowest BCUT2D eigenvalue weighted by Gasteiger charge is -2.15. The van der Waals surface area contributed by atoms with Crippen molar-refractivity contribution in [2.24, 2.45) is 0 Å². The van der Waals surface area contributed by atoms with E-state index in [-0.39, 0.29) is 11.7 Å². The van der Waals surface area contributed by atoms with Crippen LogP contribution in [0.5, 0.6) is 0 Å². The topological polar surface area (TPSA) is 30.7 Å². The SMILES string of the molecule is CCC(c1ccncc1)n1ccc(CC(F)(F)F)n1. The molecule has 2 rings (SSSR count). The monoisotopic (exact) mass is 269 g/mol. The van der Waals surface area contributed by atoms with Gasteiger partial charge in [-0.1, -0.05) is 6.92 Å². The Balaban J connectivity index is 2.21. The number of aromatic nitrogens is 3. The molecule has 1 unspecified atom stereocenters. The number of hydrogen-bond acceptors (Lipinski definition) is 2. The van der Waals surface area contributed by atoms with Crippen molar-refractivity contribution in [2.75, 3.05) is 0 Å². The van der Waals surface area contributed by atoms with Gasteiger partial charge in [0, 0.05) is 18.6 Å². The first-order chi connectivity index (χ1) is 8.99. The maximum absolute atomic E-state index is 12.3. The van der Waals surface area contributed by atoms with Crippen LogP contribution in [-0.4, -0.2) is 20.9 Å². The van der Waals surface area contributed by atoms with Gasteiger partial charge in [-0.05, 0) is 30.2 Å². The summed E-state index contributed by atoms with van der Waals surface area (Å²) in [6, 6.07) is 5.04. The van der Waals surface area contributed by atoms with E-state index in [9.17, 15) is 13.2 Å². The van der Waals surface area contributed by atoms with E-state index in [1.165, 1.54) is 6.07 Å². The number of rotatable bonds is 4. The lowest BCUT2D eigenvalue weighted by atomic mass is 10.1. The molecule has 0 aromatic carbocycles. The molecule has 0 bridgehead atoms. The zero-order chi connectivity index (χ0) is 13.9. The molecule has 0 spiro atoms. The Hall–Kier alpha value is -1.85. The first-order valence-corrected chi connectivity index (χ1v) is 6.00. The molecule has 102 valence electrons. The minimum absolute atomic E-state index is 0.0417. The fraction of sp³-hybridized carbons (Fsp3) is 0.385. The molecule has 2 aromatic rings. The van der Waals surface area contributed by atoms with Crippen molar-refractivity contribution in [3.63, 3.8) is 0 Å². The Morgan fingerprint density at radius 3 is 2.47 bits per heavy atom. The van der Waals surface area contributed by atoms with Crippen LogP contribution in [0.1, 0.15) is 30.6 Å². The summed E-state index contributed by atoms with van der Waals surface area (Å²) in [5, 5.41) is 4.02. The lowest BCUT2D eigenvalue weighted by molar-refractivity contribution is -0.127. The fourth-order valence-electron chi connectivity index (χ4n) is 2.01. The minimum Gasteiger partial charge on any atom is -0.265 e. The van der Waals surface area contributed by atoms with Crippen molar-refractivity contribution in [3.8, 4) is 0 Å². The molecule has 2 heterocycles. The maximum Gasteiger partial charge on any atom is 0.394 e. The van der Waals surface area contributed by atoms with Gasteiger partial charge in [0.2, 0.25) is 0 Å². The summed E-state index contributed by atoms with van der Waals surface area (Å²) >= 11 is 0. The summed E-state index contributed by atoms with van der Waals surface area (Å²) in [7, 11) is 0. The lowest BCUT2D eigenvalue weighted by Crippen LogP contribution is -2.14. The van der Waals surface area contributed by atoms with Crippen molar-refractivity contribution in [3.05, 3.63) is 48.0 Å². The third kappa shape index (κ3) is 3.56. The van der Waals surface area contributed by atoms with Crippen LogP contribution in [0.15, 0.2) is 36.8 Å². The molecule has 0 amide bonds. The molecule has 0 aliphatic heterocycles. The normalized spacial score (nSPS) is 13.5. The number of pyridine rings is 1. The Kier molecular flexibility index (Phi) is 3.87. The highest BCUT2D eigenvalue weighted by molar-refractivity contribution is 5.16. The molecule has 3 nitrogen and oxygen atoms in total. The Bertz CT molecular complexity index is 519. The highest BCUT2D eigenvalue weighted by Crippen LogP contribution is 2.23. The molecule has 0 fully saturated rings. The second kappa shape index (κ2) is 5.42. The van der Waals surface area contributed by atoms with Gasteiger partial charge in [0.25, 0.3) is 0 Å². The molecule has 0 saturated heterocycles. The van der Waals surface area contributed by atoms with E-state index >= 15 is 0 Å². The van der Waals surface area contributed by atoms with Gasteiger partial charge in [-0.25, -0.2) is 0 Å².